The molecule has 1 fully saturated rings. The number of nitrogens with zero attached hydrogens (tertiary/aromatic N) is 2. The van der Waals surface area contributed by atoms with Gasteiger partial charge in [0.25, 0.3) is 0 Å². The number of likely N-dealkylation sites (N-methyl/N-ethyl adjacent to an activating group) is 1. The van der Waals surface area contributed by atoms with Gasteiger partial charge in [-0.1, -0.05) is 12.1 Å². The van der Waals surface area contributed by atoms with Gasteiger partial charge in [0.1, 0.15) is 5.82 Å². The van der Waals surface area contributed by atoms with E-state index in [9.17, 15) is 0 Å². The minimum Gasteiger partial charge on any atom is -0.342 e. The molecule has 5 heteroatoms. The van der Waals surface area contributed by atoms with E-state index in [0.717, 1.165) is 29.8 Å². The molecule has 0 radical (unpaired) electrons. The second-order valence-electron chi connectivity index (χ2n) is 5.23. The summed E-state index contributed by atoms with van der Waals surface area (Å²) in [4.78, 5) is 10.6. The Balaban J connectivity index is 1.57. The van der Waals surface area contributed by atoms with Crippen molar-refractivity contribution < 1.29 is 0 Å². The van der Waals surface area contributed by atoms with Gasteiger partial charge in [0, 0.05) is 42.0 Å². The summed E-state index contributed by atoms with van der Waals surface area (Å²) in [6.45, 7) is 1.08. The highest BCUT2D eigenvalue weighted by Gasteiger charge is 2.17. The number of H-pyrrole nitrogens is 1. The van der Waals surface area contributed by atoms with Crippen LogP contribution < -0.4 is 0 Å². The Hall–Kier alpha value is -0.650. The van der Waals surface area contributed by atoms with Crippen LogP contribution in [-0.2, 0) is 6.42 Å². The van der Waals surface area contributed by atoms with Crippen LogP contribution in [0.1, 0.15) is 5.82 Å². The van der Waals surface area contributed by atoms with E-state index >= 15 is 0 Å². The zero-order valence-electron chi connectivity index (χ0n) is 11.8. The first-order valence-electron chi connectivity index (χ1n) is 7.12. The topological polar surface area (TPSA) is 31.9 Å². The van der Waals surface area contributed by atoms with E-state index in [2.05, 4.69) is 63.6 Å². The van der Waals surface area contributed by atoms with Gasteiger partial charge < -0.3 is 9.88 Å². The molecule has 1 aromatic carbocycles. The summed E-state index contributed by atoms with van der Waals surface area (Å²) in [6, 6.07) is 8.96. The highest BCUT2D eigenvalue weighted by molar-refractivity contribution is 8.03. The summed E-state index contributed by atoms with van der Waals surface area (Å²) in [6.07, 6.45) is 0.997. The van der Waals surface area contributed by atoms with E-state index in [-0.39, 0.29) is 0 Å². The lowest BCUT2D eigenvalue weighted by atomic mass is 10.3. The number of hydrogen-bond acceptors (Lipinski definition) is 4. The van der Waals surface area contributed by atoms with E-state index in [1.165, 1.54) is 23.0 Å². The number of para-hydroxylation sites is 2. The number of fused-ring (bicyclic) bond motifs is 1. The molecule has 3 rings (SSSR count). The van der Waals surface area contributed by atoms with Crippen LogP contribution >= 0.6 is 23.5 Å². The van der Waals surface area contributed by atoms with Gasteiger partial charge in [-0.3, -0.25) is 0 Å². The zero-order chi connectivity index (χ0) is 13.8. The second kappa shape index (κ2) is 6.87. The van der Waals surface area contributed by atoms with Crippen molar-refractivity contribution >= 4 is 34.6 Å². The summed E-state index contributed by atoms with van der Waals surface area (Å²) < 4.78 is 0. The minimum absolute atomic E-state index is 0.705. The molecule has 1 aliphatic rings. The Labute approximate surface area is 128 Å². The smallest absolute Gasteiger partial charge is 0.108 e. The molecule has 0 spiro atoms. The first-order chi connectivity index (χ1) is 9.83. The molecule has 0 amide bonds. The van der Waals surface area contributed by atoms with Crippen LogP contribution in [-0.4, -0.2) is 57.5 Å². The van der Waals surface area contributed by atoms with E-state index in [1.807, 2.05) is 6.07 Å². The highest BCUT2D eigenvalue weighted by atomic mass is 32.2. The number of aromatic nitrogens is 2. The molecule has 0 aliphatic carbocycles. The summed E-state index contributed by atoms with van der Waals surface area (Å²) in [5.74, 6) is 6.25. The fraction of sp³-hybridized carbons (Fsp3) is 0.533. The van der Waals surface area contributed by atoms with Crippen molar-refractivity contribution in [1.82, 2.24) is 14.9 Å². The van der Waals surface area contributed by atoms with Crippen LogP contribution in [0.3, 0.4) is 0 Å². The summed E-state index contributed by atoms with van der Waals surface area (Å²) in [7, 11) is 2.25. The maximum atomic E-state index is 4.66. The summed E-state index contributed by atoms with van der Waals surface area (Å²) in [5.41, 5.74) is 2.22. The van der Waals surface area contributed by atoms with Crippen LogP contribution in [0.5, 0.6) is 0 Å². The van der Waals surface area contributed by atoms with Gasteiger partial charge >= 0.3 is 0 Å². The molecule has 1 aromatic heterocycles. The van der Waals surface area contributed by atoms with Crippen LogP contribution in [0.15, 0.2) is 24.3 Å². The summed E-state index contributed by atoms with van der Waals surface area (Å²) in [5, 5.41) is 0. The molecule has 20 heavy (non-hydrogen) atoms. The van der Waals surface area contributed by atoms with Crippen molar-refractivity contribution in [3.8, 4) is 0 Å². The van der Waals surface area contributed by atoms with Gasteiger partial charge in [0.05, 0.1) is 11.0 Å². The molecule has 2 heterocycles. The van der Waals surface area contributed by atoms with Gasteiger partial charge in [-0.2, -0.15) is 23.5 Å². The van der Waals surface area contributed by atoms with E-state index in [1.54, 1.807) is 0 Å². The molecule has 2 aromatic rings. The van der Waals surface area contributed by atoms with Crippen molar-refractivity contribution in [2.75, 3.05) is 36.6 Å². The van der Waals surface area contributed by atoms with Crippen molar-refractivity contribution in [2.45, 2.75) is 12.5 Å². The maximum absolute atomic E-state index is 4.66. The highest BCUT2D eigenvalue weighted by Crippen LogP contribution is 2.20. The van der Waals surface area contributed by atoms with Gasteiger partial charge in [0.15, 0.2) is 0 Å². The molecule has 1 aliphatic heterocycles. The zero-order valence-corrected chi connectivity index (χ0v) is 13.5. The van der Waals surface area contributed by atoms with E-state index in [0.29, 0.717) is 6.04 Å². The molecular formula is C15H21N3S2. The molecule has 0 bridgehead atoms. The lowest BCUT2D eigenvalue weighted by molar-refractivity contribution is 0.284. The molecular weight excluding hydrogens is 286 g/mol. The quantitative estimate of drug-likeness (QED) is 0.941. The molecule has 1 N–H and O–H groups in total. The Bertz CT molecular complexity index is 514. The van der Waals surface area contributed by atoms with Crippen molar-refractivity contribution in [3.05, 3.63) is 30.1 Å². The predicted molar refractivity (Wildman–Crippen MR) is 90.9 cm³/mol. The first-order valence-corrected chi connectivity index (χ1v) is 9.43. The Morgan fingerprint density at radius 2 is 2.00 bits per heavy atom. The van der Waals surface area contributed by atoms with Crippen molar-refractivity contribution in [3.63, 3.8) is 0 Å². The molecule has 1 saturated heterocycles. The van der Waals surface area contributed by atoms with Crippen LogP contribution in [0.4, 0.5) is 0 Å². The maximum Gasteiger partial charge on any atom is 0.108 e. The normalized spacial score (nSPS) is 17.7. The first kappa shape index (κ1) is 14.3. The number of benzene rings is 1. The monoisotopic (exact) mass is 307 g/mol. The molecule has 3 nitrogen and oxygen atoms in total. The lowest BCUT2D eigenvalue weighted by Crippen LogP contribution is -2.37. The predicted octanol–water partition coefficient (Wildman–Crippen LogP) is 2.89. The van der Waals surface area contributed by atoms with Crippen molar-refractivity contribution in [2.24, 2.45) is 0 Å². The number of nitrogens with one attached hydrogen (secondary N) is 1. The molecule has 0 unspecified atom stereocenters. The molecule has 108 valence electrons. The van der Waals surface area contributed by atoms with Crippen LogP contribution in [0, 0.1) is 0 Å². The number of aromatic amines is 1. The number of imidazole rings is 1. The van der Waals surface area contributed by atoms with Gasteiger partial charge in [-0.25, -0.2) is 4.98 Å². The molecule has 0 saturated carbocycles. The minimum atomic E-state index is 0.705. The SMILES string of the molecule is CN(CCc1nc2ccccc2[nH]1)C1CSCCSC1. The third-order valence-electron chi connectivity index (χ3n) is 3.76. The van der Waals surface area contributed by atoms with Gasteiger partial charge in [-0.15, -0.1) is 0 Å². The van der Waals surface area contributed by atoms with Crippen LogP contribution in [0.2, 0.25) is 0 Å². The Morgan fingerprint density at radius 1 is 1.25 bits per heavy atom. The average Bonchev–Trinajstić information content (AvgIpc) is 2.69. The number of rotatable bonds is 4. The van der Waals surface area contributed by atoms with Crippen molar-refractivity contribution in [1.29, 1.82) is 0 Å². The lowest BCUT2D eigenvalue weighted by Gasteiger charge is -2.25. The summed E-state index contributed by atoms with van der Waals surface area (Å²) >= 11 is 4.18. The third-order valence-corrected chi connectivity index (χ3v) is 6.24. The number of thioether (sulfide) groups is 2. The molecule has 0 atom stereocenters. The fourth-order valence-electron chi connectivity index (χ4n) is 2.45. The van der Waals surface area contributed by atoms with E-state index < -0.39 is 0 Å². The number of hydrogen-bond donors (Lipinski definition) is 1. The van der Waals surface area contributed by atoms with Crippen LogP contribution in [0.25, 0.3) is 11.0 Å². The van der Waals surface area contributed by atoms with Gasteiger partial charge in [-0.05, 0) is 19.2 Å². The Morgan fingerprint density at radius 3 is 2.75 bits per heavy atom. The van der Waals surface area contributed by atoms with Gasteiger partial charge in [0.2, 0.25) is 0 Å². The fourth-order valence-corrected chi connectivity index (χ4v) is 5.16. The van der Waals surface area contributed by atoms with E-state index in [4.69, 9.17) is 0 Å². The largest absolute Gasteiger partial charge is 0.342 e. The second-order valence-corrected chi connectivity index (χ2v) is 7.53. The standard InChI is InChI=1S/C15H21N3S2/c1-18(12-10-19-8-9-20-11-12)7-6-15-16-13-4-2-3-5-14(13)17-15/h2-5,12H,6-11H2,1H3,(H,16,17). The third kappa shape index (κ3) is 3.51. The average molecular weight is 307 g/mol. The Kier molecular flexibility index (Phi) is 4.91.